The molecule has 11 nitrogen and oxygen atoms in total. The number of hydrogen-bond donors (Lipinski definition) is 4. The van der Waals surface area contributed by atoms with Crippen molar-refractivity contribution in [2.75, 3.05) is 31.2 Å². The molecular formula is C28H40N8O3Si. The van der Waals surface area contributed by atoms with E-state index >= 15 is 0 Å². The van der Waals surface area contributed by atoms with Gasteiger partial charge in [-0.3, -0.25) is 9.59 Å². The van der Waals surface area contributed by atoms with Crippen LogP contribution in [-0.4, -0.2) is 71.5 Å². The number of rotatable bonds is 8. The molecule has 2 aromatic rings. The molecule has 40 heavy (non-hydrogen) atoms. The van der Waals surface area contributed by atoms with Crippen LogP contribution in [0.5, 0.6) is 0 Å². The Bertz CT molecular complexity index is 1390. The molecule has 2 atom stereocenters. The number of nitrogen functional groups attached to an aromatic ring is 1. The van der Waals surface area contributed by atoms with E-state index in [1.54, 1.807) is 35.1 Å². The van der Waals surface area contributed by atoms with E-state index in [-0.39, 0.29) is 24.5 Å². The number of carbonyl (C=O) groups excluding carboxylic acids is 2. The average Bonchev–Trinajstić information content (AvgIpc) is 3.33. The van der Waals surface area contributed by atoms with Crippen LogP contribution in [0.25, 0.3) is 10.9 Å². The zero-order chi connectivity index (χ0) is 29.0. The Morgan fingerprint density at radius 3 is 2.73 bits per heavy atom. The lowest BCUT2D eigenvalue weighted by Crippen LogP contribution is -2.51. The highest BCUT2D eigenvalue weighted by molar-refractivity contribution is 6.76. The predicted octanol–water partition coefficient (Wildman–Crippen LogP) is 3.51. The fourth-order valence-corrected chi connectivity index (χ4v) is 5.69. The van der Waals surface area contributed by atoms with E-state index in [1.165, 1.54) is 6.20 Å². The number of anilines is 2. The minimum absolute atomic E-state index is 0.191. The second-order valence-corrected chi connectivity index (χ2v) is 17.3. The number of nitrogens with zero attached hydrogens (tertiary/aromatic N) is 4. The summed E-state index contributed by atoms with van der Waals surface area (Å²) in [5.41, 5.74) is 8.95. The molecule has 0 radical (unpaired) electrons. The van der Waals surface area contributed by atoms with Crippen LogP contribution in [0.15, 0.2) is 48.0 Å². The predicted molar refractivity (Wildman–Crippen MR) is 161 cm³/mol. The molecule has 1 aliphatic heterocycles. The van der Waals surface area contributed by atoms with E-state index in [2.05, 4.69) is 47.3 Å². The Kier molecular flexibility index (Phi) is 8.89. The maximum Gasteiger partial charge on any atom is 0.314 e. The molecule has 4 rings (SSSR count). The third-order valence-corrected chi connectivity index (χ3v) is 8.90. The van der Waals surface area contributed by atoms with Gasteiger partial charge in [-0.25, -0.2) is 9.67 Å². The lowest BCUT2D eigenvalue weighted by Gasteiger charge is -2.39. The van der Waals surface area contributed by atoms with Crippen molar-refractivity contribution in [3.63, 3.8) is 0 Å². The van der Waals surface area contributed by atoms with Gasteiger partial charge in [-0.05, 0) is 36.5 Å². The van der Waals surface area contributed by atoms with E-state index in [1.807, 2.05) is 12.2 Å². The number of nitrogens with two attached hydrogens (primary N) is 1. The van der Waals surface area contributed by atoms with Crippen LogP contribution in [0, 0.1) is 11.3 Å². The summed E-state index contributed by atoms with van der Waals surface area (Å²) in [5.74, 6) is -0.857. The molecule has 214 valence electrons. The molecule has 0 spiro atoms. The molecule has 12 heteroatoms. The van der Waals surface area contributed by atoms with Gasteiger partial charge in [-0.1, -0.05) is 38.7 Å². The normalized spacial score (nSPS) is 20.6. The summed E-state index contributed by atoms with van der Waals surface area (Å²) in [5, 5.41) is 19.1. The van der Waals surface area contributed by atoms with Crippen LogP contribution in [0.3, 0.4) is 0 Å². The summed E-state index contributed by atoms with van der Waals surface area (Å²) in [4.78, 5) is 32.8. The molecule has 5 N–H and O–H groups in total. The number of ether oxygens (including phenoxy) is 1. The first kappa shape index (κ1) is 29.2. The van der Waals surface area contributed by atoms with Crippen LogP contribution in [0.4, 0.5) is 11.5 Å². The van der Waals surface area contributed by atoms with Gasteiger partial charge in [0.05, 0.1) is 40.7 Å². The molecule has 2 amide bonds. The Morgan fingerprint density at radius 1 is 1.25 bits per heavy atom. The summed E-state index contributed by atoms with van der Waals surface area (Å²) in [6.07, 6.45) is 12.0. The average molecular weight is 565 g/mol. The molecular weight excluding hydrogens is 524 g/mol. The molecule has 3 heterocycles. The number of carbonyl (C=O) groups is 2. The number of likely N-dealkylation sites (tertiary alicyclic amines) is 1. The van der Waals surface area contributed by atoms with Crippen molar-refractivity contribution < 1.29 is 14.3 Å². The quantitative estimate of drug-likeness (QED) is 0.218. The SMILES string of the molecule is CN/C=C1/C=CC([C@H]2CC[C@H](C)CN2C(=O)C(=O)Nc2cnc(N)c3cnn(COCC[Si](C)(C)C)c23)=CC1=N. The van der Waals surface area contributed by atoms with E-state index in [0.29, 0.717) is 41.9 Å². The third kappa shape index (κ3) is 6.68. The third-order valence-electron chi connectivity index (χ3n) is 7.20. The Labute approximate surface area is 236 Å². The molecule has 1 fully saturated rings. The Hall–Kier alpha value is -3.77. The fraction of sp³-hybridized carbons (Fsp3) is 0.464. The lowest BCUT2D eigenvalue weighted by atomic mass is 9.86. The standard InChI is InChI=1S/C28H40N8O3Si/c1-18-6-9-24(19-7-8-20(13-31-2)22(29)12-19)35(16-18)28(38)27(37)34-23-15-32-26(30)21-14-33-36(25(21)23)17-39-10-11-40(3,4)5/h7-8,12-15,18,24,29,31H,6,9-11,16-17H2,1-5H3,(H2,30,32)(H,34,37)/b20-13-,29-22?/t18-,24+/m0/s1. The number of amides is 2. The highest BCUT2D eigenvalue weighted by Gasteiger charge is 2.35. The number of allylic oxidation sites excluding steroid dienone is 3. The van der Waals surface area contributed by atoms with Gasteiger partial charge in [0.2, 0.25) is 0 Å². The number of aromatic nitrogens is 3. The van der Waals surface area contributed by atoms with Crippen molar-refractivity contribution in [1.82, 2.24) is 25.0 Å². The van der Waals surface area contributed by atoms with Crippen molar-refractivity contribution in [1.29, 1.82) is 5.41 Å². The number of hydrogen-bond acceptors (Lipinski definition) is 8. The number of fused-ring (bicyclic) bond motifs is 1. The zero-order valence-electron chi connectivity index (χ0n) is 24.0. The first-order valence-electron chi connectivity index (χ1n) is 13.6. The topological polar surface area (TPSA) is 151 Å². The molecule has 2 aliphatic rings. The molecule has 0 saturated carbocycles. The van der Waals surface area contributed by atoms with Crippen molar-refractivity contribution in [3.8, 4) is 0 Å². The maximum atomic E-state index is 13.6. The largest absolute Gasteiger partial charge is 0.393 e. The van der Waals surface area contributed by atoms with E-state index in [0.717, 1.165) is 23.6 Å². The highest BCUT2D eigenvalue weighted by atomic mass is 28.3. The van der Waals surface area contributed by atoms with Gasteiger partial charge in [0.25, 0.3) is 0 Å². The van der Waals surface area contributed by atoms with Gasteiger partial charge in [-0.15, -0.1) is 0 Å². The lowest BCUT2D eigenvalue weighted by molar-refractivity contribution is -0.145. The minimum Gasteiger partial charge on any atom is -0.393 e. The van der Waals surface area contributed by atoms with Crippen molar-refractivity contribution in [2.45, 2.75) is 58.2 Å². The number of piperidine rings is 1. The van der Waals surface area contributed by atoms with E-state index in [4.69, 9.17) is 15.9 Å². The van der Waals surface area contributed by atoms with Crippen LogP contribution in [0.1, 0.15) is 19.8 Å². The number of pyridine rings is 1. The van der Waals surface area contributed by atoms with Crippen molar-refractivity contribution in [2.24, 2.45) is 5.92 Å². The number of nitrogens with one attached hydrogen (secondary N) is 3. The van der Waals surface area contributed by atoms with Crippen LogP contribution < -0.4 is 16.4 Å². The smallest absolute Gasteiger partial charge is 0.314 e. The van der Waals surface area contributed by atoms with Gasteiger partial charge < -0.3 is 31.4 Å². The molecule has 0 unspecified atom stereocenters. The second kappa shape index (κ2) is 12.2. The van der Waals surface area contributed by atoms with Gasteiger partial charge in [0, 0.05) is 40.0 Å². The second-order valence-electron chi connectivity index (χ2n) is 11.7. The zero-order valence-corrected chi connectivity index (χ0v) is 25.0. The van der Waals surface area contributed by atoms with E-state index < -0.39 is 19.9 Å². The molecule has 0 bridgehead atoms. The van der Waals surface area contributed by atoms with Crippen LogP contribution >= 0.6 is 0 Å². The molecule has 2 aromatic heterocycles. The monoisotopic (exact) mass is 564 g/mol. The van der Waals surface area contributed by atoms with Crippen LogP contribution in [-0.2, 0) is 21.1 Å². The first-order chi connectivity index (χ1) is 19.0. The van der Waals surface area contributed by atoms with Crippen molar-refractivity contribution in [3.05, 3.63) is 48.0 Å². The van der Waals surface area contributed by atoms with Gasteiger partial charge in [0.15, 0.2) is 0 Å². The highest BCUT2D eigenvalue weighted by Crippen LogP contribution is 2.31. The summed E-state index contributed by atoms with van der Waals surface area (Å²) in [6, 6.07) is 0.721. The first-order valence-corrected chi connectivity index (χ1v) is 17.3. The summed E-state index contributed by atoms with van der Waals surface area (Å²) < 4.78 is 7.51. The Balaban J connectivity index is 1.54. The molecule has 1 aliphatic carbocycles. The Morgan fingerprint density at radius 2 is 2.02 bits per heavy atom. The van der Waals surface area contributed by atoms with Gasteiger partial charge in [-0.2, -0.15) is 5.10 Å². The van der Waals surface area contributed by atoms with E-state index in [9.17, 15) is 9.59 Å². The maximum absolute atomic E-state index is 13.6. The summed E-state index contributed by atoms with van der Waals surface area (Å²) in [7, 11) is 0.538. The van der Waals surface area contributed by atoms with Gasteiger partial charge >= 0.3 is 11.8 Å². The minimum atomic E-state index is -1.25. The molecule has 1 saturated heterocycles. The van der Waals surface area contributed by atoms with Crippen molar-refractivity contribution >= 4 is 48.0 Å². The fourth-order valence-electron chi connectivity index (χ4n) is 4.93. The summed E-state index contributed by atoms with van der Waals surface area (Å²) >= 11 is 0. The molecule has 0 aromatic carbocycles. The van der Waals surface area contributed by atoms with Crippen LogP contribution in [0.2, 0.25) is 25.7 Å². The van der Waals surface area contributed by atoms with Gasteiger partial charge in [0.1, 0.15) is 12.5 Å². The summed E-state index contributed by atoms with van der Waals surface area (Å²) in [6.45, 7) is 10.2.